The van der Waals surface area contributed by atoms with E-state index in [2.05, 4.69) is 17.1 Å². The summed E-state index contributed by atoms with van der Waals surface area (Å²) in [4.78, 5) is 2.51. The summed E-state index contributed by atoms with van der Waals surface area (Å²) in [6.45, 7) is 4.78. The van der Waals surface area contributed by atoms with Crippen LogP contribution in [-0.2, 0) is 0 Å². The minimum Gasteiger partial charge on any atom is -0.289 e. The lowest BCUT2D eigenvalue weighted by Crippen LogP contribution is -2.27. The standard InChI is InChI=1S/C6H12N2S/c1-5-4-8-2-3-9-6(8)7-5/h5-7H,2-4H2,1H3. The highest BCUT2D eigenvalue weighted by molar-refractivity contribution is 8.00. The molecule has 0 aromatic rings. The third kappa shape index (κ3) is 0.974. The van der Waals surface area contributed by atoms with Crippen LogP contribution in [0.1, 0.15) is 6.92 Å². The molecular formula is C6H12N2S. The first-order valence-electron chi connectivity index (χ1n) is 3.48. The Kier molecular flexibility index (Phi) is 1.43. The summed E-state index contributed by atoms with van der Waals surface area (Å²) in [6.07, 6.45) is 0. The van der Waals surface area contributed by atoms with Crippen LogP contribution in [0.3, 0.4) is 0 Å². The Balaban J connectivity index is 2.02. The van der Waals surface area contributed by atoms with Crippen molar-refractivity contribution in [3.05, 3.63) is 0 Å². The highest BCUT2D eigenvalue weighted by Crippen LogP contribution is 2.25. The molecule has 0 aromatic heterocycles. The maximum Gasteiger partial charge on any atom is 0.108 e. The fraction of sp³-hybridized carbons (Fsp3) is 1.00. The van der Waals surface area contributed by atoms with Gasteiger partial charge in [-0.15, -0.1) is 11.8 Å². The normalized spacial score (nSPS) is 43.7. The van der Waals surface area contributed by atoms with Crippen LogP contribution in [0.25, 0.3) is 0 Å². The maximum atomic E-state index is 3.50. The van der Waals surface area contributed by atoms with Crippen LogP contribution in [0.4, 0.5) is 0 Å². The molecule has 2 nitrogen and oxygen atoms in total. The summed E-state index contributed by atoms with van der Waals surface area (Å²) in [5, 5.41) is 3.50. The Morgan fingerprint density at radius 1 is 1.67 bits per heavy atom. The van der Waals surface area contributed by atoms with E-state index in [-0.39, 0.29) is 0 Å². The molecule has 2 saturated heterocycles. The molecule has 0 aliphatic carbocycles. The Labute approximate surface area is 60.0 Å². The van der Waals surface area contributed by atoms with Gasteiger partial charge in [-0.05, 0) is 6.92 Å². The number of hydrogen-bond donors (Lipinski definition) is 1. The van der Waals surface area contributed by atoms with Crippen LogP contribution in [0.2, 0.25) is 0 Å². The van der Waals surface area contributed by atoms with Crippen LogP contribution in [0, 0.1) is 0 Å². The van der Waals surface area contributed by atoms with Gasteiger partial charge in [0.25, 0.3) is 0 Å². The summed E-state index contributed by atoms with van der Waals surface area (Å²) >= 11 is 2.03. The minimum absolute atomic E-state index is 0.653. The molecule has 0 radical (unpaired) electrons. The smallest absolute Gasteiger partial charge is 0.108 e. The second kappa shape index (κ2) is 2.15. The van der Waals surface area contributed by atoms with Gasteiger partial charge in [-0.3, -0.25) is 10.2 Å². The Morgan fingerprint density at radius 2 is 2.56 bits per heavy atom. The van der Waals surface area contributed by atoms with Crippen molar-refractivity contribution < 1.29 is 0 Å². The molecule has 2 atom stereocenters. The van der Waals surface area contributed by atoms with Crippen molar-refractivity contribution in [3.8, 4) is 0 Å². The molecule has 2 rings (SSSR count). The van der Waals surface area contributed by atoms with Crippen LogP contribution in [0.5, 0.6) is 0 Å². The minimum atomic E-state index is 0.653. The molecule has 2 fully saturated rings. The Hall–Kier alpha value is 0.270. The zero-order valence-electron chi connectivity index (χ0n) is 5.63. The fourth-order valence-corrected chi connectivity index (χ4v) is 2.79. The van der Waals surface area contributed by atoms with Crippen molar-refractivity contribution in [3.63, 3.8) is 0 Å². The Morgan fingerprint density at radius 3 is 3.33 bits per heavy atom. The van der Waals surface area contributed by atoms with Crippen LogP contribution >= 0.6 is 11.8 Å². The van der Waals surface area contributed by atoms with E-state index >= 15 is 0 Å². The highest BCUT2D eigenvalue weighted by atomic mass is 32.2. The molecule has 0 spiro atoms. The molecule has 0 bridgehead atoms. The van der Waals surface area contributed by atoms with Crippen LogP contribution < -0.4 is 5.32 Å². The van der Waals surface area contributed by atoms with Crippen molar-refractivity contribution in [2.24, 2.45) is 0 Å². The summed E-state index contributed by atoms with van der Waals surface area (Å²) in [5.41, 5.74) is 0.653. The van der Waals surface area contributed by atoms with E-state index in [9.17, 15) is 0 Å². The van der Waals surface area contributed by atoms with Gasteiger partial charge in [-0.25, -0.2) is 0 Å². The van der Waals surface area contributed by atoms with Gasteiger partial charge in [-0.2, -0.15) is 0 Å². The van der Waals surface area contributed by atoms with Gasteiger partial charge in [0.2, 0.25) is 0 Å². The monoisotopic (exact) mass is 144 g/mol. The van der Waals surface area contributed by atoms with Crippen molar-refractivity contribution >= 4 is 11.8 Å². The molecule has 52 valence electrons. The summed E-state index contributed by atoms with van der Waals surface area (Å²) < 4.78 is 0. The molecule has 0 amide bonds. The number of thioether (sulfide) groups is 1. The lowest BCUT2D eigenvalue weighted by atomic mass is 10.4. The van der Waals surface area contributed by atoms with E-state index in [1.807, 2.05) is 11.8 Å². The summed E-state index contributed by atoms with van der Waals surface area (Å²) in [6, 6.07) is 0.711. The lowest BCUT2D eigenvalue weighted by molar-refractivity contribution is 0.347. The molecule has 0 saturated carbocycles. The van der Waals surface area contributed by atoms with Gasteiger partial charge in [0.15, 0.2) is 0 Å². The molecule has 2 aliphatic heterocycles. The zero-order chi connectivity index (χ0) is 6.27. The fourth-order valence-electron chi connectivity index (χ4n) is 1.49. The van der Waals surface area contributed by atoms with E-state index in [4.69, 9.17) is 0 Å². The van der Waals surface area contributed by atoms with Gasteiger partial charge in [-0.1, -0.05) is 0 Å². The largest absolute Gasteiger partial charge is 0.289 e. The molecule has 2 unspecified atom stereocenters. The van der Waals surface area contributed by atoms with Gasteiger partial charge >= 0.3 is 0 Å². The van der Waals surface area contributed by atoms with Crippen molar-refractivity contribution in [2.45, 2.75) is 18.5 Å². The van der Waals surface area contributed by atoms with Crippen molar-refractivity contribution in [1.29, 1.82) is 0 Å². The number of hydrogen-bond acceptors (Lipinski definition) is 3. The first-order chi connectivity index (χ1) is 4.36. The highest BCUT2D eigenvalue weighted by Gasteiger charge is 2.32. The van der Waals surface area contributed by atoms with Gasteiger partial charge in [0, 0.05) is 24.9 Å². The van der Waals surface area contributed by atoms with Gasteiger partial charge in [0.05, 0.1) is 0 Å². The third-order valence-electron chi connectivity index (χ3n) is 1.92. The second-order valence-corrected chi connectivity index (χ2v) is 3.97. The lowest BCUT2D eigenvalue weighted by Gasteiger charge is -2.10. The van der Waals surface area contributed by atoms with E-state index in [1.165, 1.54) is 18.8 Å². The average Bonchev–Trinajstić information content (AvgIpc) is 2.22. The Bertz CT molecular complexity index is 106. The first kappa shape index (κ1) is 6.01. The number of nitrogens with zero attached hydrogens (tertiary/aromatic N) is 1. The molecule has 2 aliphatic rings. The van der Waals surface area contributed by atoms with Crippen molar-refractivity contribution in [2.75, 3.05) is 18.8 Å². The van der Waals surface area contributed by atoms with E-state index in [0.717, 1.165) is 0 Å². The zero-order valence-corrected chi connectivity index (χ0v) is 6.45. The second-order valence-electron chi connectivity index (χ2n) is 2.79. The maximum absolute atomic E-state index is 3.50. The predicted octanol–water partition coefficient (Wildman–Crippen LogP) is 0.311. The number of fused-ring (bicyclic) bond motifs is 1. The third-order valence-corrected chi connectivity index (χ3v) is 3.09. The molecule has 9 heavy (non-hydrogen) atoms. The van der Waals surface area contributed by atoms with Gasteiger partial charge in [0.1, 0.15) is 5.50 Å². The molecule has 0 aromatic carbocycles. The van der Waals surface area contributed by atoms with E-state index in [0.29, 0.717) is 11.5 Å². The number of rotatable bonds is 0. The molecule has 2 heterocycles. The average molecular weight is 144 g/mol. The number of nitrogens with one attached hydrogen (secondary N) is 1. The van der Waals surface area contributed by atoms with Crippen LogP contribution in [0.15, 0.2) is 0 Å². The van der Waals surface area contributed by atoms with E-state index in [1.54, 1.807) is 0 Å². The quantitative estimate of drug-likeness (QED) is 0.527. The van der Waals surface area contributed by atoms with E-state index < -0.39 is 0 Å². The van der Waals surface area contributed by atoms with Gasteiger partial charge < -0.3 is 0 Å². The SMILES string of the molecule is CC1CN2CCSC2N1. The summed E-state index contributed by atoms with van der Waals surface area (Å²) in [7, 11) is 0. The molecule has 1 N–H and O–H groups in total. The summed E-state index contributed by atoms with van der Waals surface area (Å²) in [5.74, 6) is 1.31. The predicted molar refractivity (Wildman–Crippen MR) is 40.4 cm³/mol. The molecule has 3 heteroatoms. The first-order valence-corrected chi connectivity index (χ1v) is 4.53. The topological polar surface area (TPSA) is 15.3 Å². The molecular weight excluding hydrogens is 132 g/mol. The van der Waals surface area contributed by atoms with Crippen LogP contribution in [-0.4, -0.2) is 35.3 Å². The van der Waals surface area contributed by atoms with Crippen molar-refractivity contribution in [1.82, 2.24) is 10.2 Å².